The Hall–Kier alpha value is -3.31. The molecule has 0 radical (unpaired) electrons. The molecule has 1 saturated carbocycles. The molecule has 2 aromatic rings. The summed E-state index contributed by atoms with van der Waals surface area (Å²) in [6.07, 6.45) is 11.2. The van der Waals surface area contributed by atoms with Crippen LogP contribution in [0.5, 0.6) is 11.5 Å². The molecule has 5 heterocycles. The summed E-state index contributed by atoms with van der Waals surface area (Å²) in [5.74, 6) is 1.73. The zero-order valence-electron chi connectivity index (χ0n) is 30.0. The van der Waals surface area contributed by atoms with Gasteiger partial charge in [-0.1, -0.05) is 6.92 Å². The van der Waals surface area contributed by atoms with Crippen LogP contribution in [0.1, 0.15) is 89.9 Å². The van der Waals surface area contributed by atoms with Crippen LogP contribution in [0.2, 0.25) is 0 Å². The summed E-state index contributed by atoms with van der Waals surface area (Å²) in [6, 6.07) is 4.00. The molecule has 4 aliphatic heterocycles. The molecule has 1 N–H and O–H groups in total. The number of hydrogen-bond donors (Lipinski definition) is 1. The van der Waals surface area contributed by atoms with E-state index < -0.39 is 5.82 Å². The van der Waals surface area contributed by atoms with E-state index in [0.717, 1.165) is 84.5 Å². The number of carbonyl (C=O) groups is 2. The van der Waals surface area contributed by atoms with Crippen molar-refractivity contribution in [2.45, 2.75) is 97.2 Å². The topological polar surface area (TPSA) is 94.1 Å². The van der Waals surface area contributed by atoms with Gasteiger partial charge in [0, 0.05) is 55.8 Å². The maximum Gasteiger partial charge on any atom is 0.258 e. The lowest BCUT2D eigenvalue weighted by Crippen LogP contribution is -2.61. The maximum atomic E-state index is 14.4. The fourth-order valence-corrected chi connectivity index (χ4v) is 9.65. The molecule has 5 aliphatic rings. The lowest BCUT2D eigenvalue weighted by atomic mass is 9.68. The Balaban J connectivity index is 0.922. The molecule has 1 aromatic heterocycles. The number of nitrogens with zero attached hydrogens (tertiary/aromatic N) is 6. The van der Waals surface area contributed by atoms with Crippen molar-refractivity contribution in [3.05, 3.63) is 42.1 Å². The molecule has 10 nitrogen and oxygen atoms in total. The molecule has 0 atom stereocenters. The van der Waals surface area contributed by atoms with Crippen LogP contribution < -0.4 is 15.0 Å². The zero-order chi connectivity index (χ0) is 34.6. The minimum atomic E-state index is -0.482. The molecule has 7 rings (SSSR count). The van der Waals surface area contributed by atoms with Crippen LogP contribution in [0, 0.1) is 22.6 Å². The number of carbonyl (C=O) groups excluding carboxylic acids is 2. The number of halogens is 1. The molecule has 0 unspecified atom stereocenters. The second-order valence-corrected chi connectivity index (χ2v) is 16.4. The van der Waals surface area contributed by atoms with E-state index in [1.807, 2.05) is 27.7 Å². The van der Waals surface area contributed by atoms with E-state index in [0.29, 0.717) is 29.1 Å². The lowest BCUT2D eigenvalue weighted by Gasteiger charge is -2.55. The number of aromatic nitrogens is 2. The second kappa shape index (κ2) is 13.1. The first-order valence-electron chi connectivity index (χ1n) is 18.6. The van der Waals surface area contributed by atoms with Gasteiger partial charge in [-0.05, 0) is 116 Å². The number of amides is 2. The number of rotatable bonds is 9. The Morgan fingerprint density at radius 1 is 1.02 bits per heavy atom. The molecule has 2 amide bonds. The van der Waals surface area contributed by atoms with Gasteiger partial charge in [0.1, 0.15) is 17.9 Å². The number of piperidine rings is 1. The van der Waals surface area contributed by atoms with E-state index in [1.54, 1.807) is 11.1 Å². The Kier molecular flexibility index (Phi) is 9.13. The van der Waals surface area contributed by atoms with Crippen molar-refractivity contribution >= 4 is 17.6 Å². The summed E-state index contributed by atoms with van der Waals surface area (Å²) in [5.41, 5.74) is 0.370. The highest BCUT2D eigenvalue weighted by molar-refractivity contribution is 5.97. The van der Waals surface area contributed by atoms with Crippen LogP contribution in [0.25, 0.3) is 0 Å². The van der Waals surface area contributed by atoms with Crippen molar-refractivity contribution < 1.29 is 18.7 Å². The molecular weight excluding hydrogens is 621 g/mol. The van der Waals surface area contributed by atoms with Crippen LogP contribution in [0.4, 0.5) is 10.2 Å². The van der Waals surface area contributed by atoms with E-state index in [2.05, 4.69) is 36.9 Å². The number of nitrogens with one attached hydrogen (secondary N) is 1. The lowest BCUT2D eigenvalue weighted by molar-refractivity contribution is -0.136. The van der Waals surface area contributed by atoms with Crippen molar-refractivity contribution in [3.8, 4) is 11.5 Å². The summed E-state index contributed by atoms with van der Waals surface area (Å²) >= 11 is 0. The summed E-state index contributed by atoms with van der Waals surface area (Å²) in [7, 11) is 0. The summed E-state index contributed by atoms with van der Waals surface area (Å²) in [6.45, 7) is 18.1. The van der Waals surface area contributed by atoms with Gasteiger partial charge in [-0.3, -0.25) is 9.59 Å². The molecule has 1 aliphatic carbocycles. The van der Waals surface area contributed by atoms with Crippen molar-refractivity contribution in [3.63, 3.8) is 0 Å². The second-order valence-electron chi connectivity index (χ2n) is 16.4. The third kappa shape index (κ3) is 6.53. The monoisotopic (exact) mass is 675 g/mol. The Bertz CT molecular complexity index is 1530. The minimum absolute atomic E-state index is 0.0363. The van der Waals surface area contributed by atoms with Gasteiger partial charge < -0.3 is 29.7 Å². The largest absolute Gasteiger partial charge is 0.451 e. The van der Waals surface area contributed by atoms with E-state index in [4.69, 9.17) is 4.74 Å². The number of likely N-dealkylation sites (tertiary alicyclic amines) is 2. The summed E-state index contributed by atoms with van der Waals surface area (Å²) in [4.78, 5) is 44.4. The molecule has 266 valence electrons. The first kappa shape index (κ1) is 34.2. The van der Waals surface area contributed by atoms with E-state index in [9.17, 15) is 14.0 Å². The normalized spacial score (nSPS) is 26.3. The van der Waals surface area contributed by atoms with Crippen LogP contribution in [0.15, 0.2) is 30.7 Å². The van der Waals surface area contributed by atoms with Crippen LogP contribution in [-0.2, 0) is 4.79 Å². The minimum Gasteiger partial charge on any atom is -0.451 e. The Morgan fingerprint density at radius 2 is 1.71 bits per heavy atom. The van der Waals surface area contributed by atoms with Crippen LogP contribution in [-0.4, -0.2) is 106 Å². The van der Waals surface area contributed by atoms with Gasteiger partial charge in [-0.15, -0.1) is 0 Å². The quantitative estimate of drug-likeness (QED) is 0.381. The Morgan fingerprint density at radius 3 is 2.37 bits per heavy atom. The third-order valence-corrected chi connectivity index (χ3v) is 12.3. The van der Waals surface area contributed by atoms with E-state index in [-0.39, 0.29) is 39.9 Å². The Labute approximate surface area is 290 Å². The van der Waals surface area contributed by atoms with Crippen molar-refractivity contribution in [2.75, 3.05) is 57.3 Å². The van der Waals surface area contributed by atoms with Gasteiger partial charge in [-0.25, -0.2) is 14.4 Å². The van der Waals surface area contributed by atoms with Crippen LogP contribution in [0.3, 0.4) is 0 Å². The number of ether oxygens (including phenoxy) is 1. The average molecular weight is 676 g/mol. The predicted molar refractivity (Wildman–Crippen MR) is 187 cm³/mol. The smallest absolute Gasteiger partial charge is 0.258 e. The first-order chi connectivity index (χ1) is 23.4. The van der Waals surface area contributed by atoms with Gasteiger partial charge in [-0.2, -0.15) is 0 Å². The van der Waals surface area contributed by atoms with Gasteiger partial charge in [0.05, 0.1) is 17.2 Å². The predicted octanol–water partition coefficient (Wildman–Crippen LogP) is 5.34. The molecule has 3 spiro atoms. The molecule has 5 fully saturated rings. The van der Waals surface area contributed by atoms with Gasteiger partial charge in [0.15, 0.2) is 11.6 Å². The summed E-state index contributed by atoms with van der Waals surface area (Å²) < 4.78 is 20.7. The number of benzene rings is 1. The van der Waals surface area contributed by atoms with Crippen molar-refractivity contribution in [1.29, 1.82) is 0 Å². The highest BCUT2D eigenvalue weighted by Crippen LogP contribution is 2.50. The fraction of sp³-hybridized carbons (Fsp3) is 0.684. The van der Waals surface area contributed by atoms with E-state index in [1.165, 1.54) is 37.4 Å². The fourth-order valence-electron chi connectivity index (χ4n) is 9.65. The molecule has 0 bridgehead atoms. The maximum absolute atomic E-state index is 14.4. The molecule has 4 saturated heterocycles. The van der Waals surface area contributed by atoms with Gasteiger partial charge in [0.25, 0.3) is 5.91 Å². The van der Waals surface area contributed by atoms with Crippen molar-refractivity contribution in [1.82, 2.24) is 30.0 Å². The van der Waals surface area contributed by atoms with Crippen molar-refractivity contribution in [2.24, 2.45) is 16.7 Å². The first-order valence-corrected chi connectivity index (χ1v) is 18.6. The van der Waals surface area contributed by atoms with Gasteiger partial charge in [0.2, 0.25) is 5.91 Å². The molecule has 49 heavy (non-hydrogen) atoms. The highest BCUT2D eigenvalue weighted by atomic mass is 19.1. The molecule has 1 aromatic carbocycles. The van der Waals surface area contributed by atoms with E-state index >= 15 is 0 Å². The van der Waals surface area contributed by atoms with Crippen LogP contribution >= 0.6 is 0 Å². The number of hydrogen-bond acceptors (Lipinski definition) is 8. The van der Waals surface area contributed by atoms with Gasteiger partial charge >= 0.3 is 0 Å². The number of anilines is 1. The molecule has 11 heteroatoms. The summed E-state index contributed by atoms with van der Waals surface area (Å²) in [5, 5.41) is 3.48. The average Bonchev–Trinajstić information content (AvgIpc) is 3.33. The standard InChI is InChI=1S/C38H54FN7O3/c1-6-43-23-37(24-43)20-38(42-35(37)48)11-9-28(10-12-38)19-44-15-13-36(14-16-44)21-45(22-36)33-32(18-40-25-41-33)49-31-8-7-29(39)17-30(31)34(47)46(26(2)3)27(4)5/h7-8,17-18,25-28H,6,9-16,19-24H2,1-5H3,(H,42,48). The molecular formula is C38H54FN7O3. The zero-order valence-corrected chi connectivity index (χ0v) is 30.0. The highest BCUT2D eigenvalue weighted by Gasteiger charge is 2.59. The third-order valence-electron chi connectivity index (χ3n) is 12.3. The SMILES string of the molecule is CCN1CC2(C1)CC1(CCC(CN3CCC4(CC3)CN(c3ncncc3Oc3ccc(F)cc3C(=O)N(C(C)C)C(C)C)C4)CC1)NC2=O.